The molecule has 0 saturated heterocycles. The minimum atomic E-state index is -1.03. The van der Waals surface area contributed by atoms with Crippen LogP contribution in [0.25, 0.3) is 0 Å². The summed E-state index contributed by atoms with van der Waals surface area (Å²) in [5.41, 5.74) is -1.03. The van der Waals surface area contributed by atoms with Crippen molar-refractivity contribution in [2.24, 2.45) is 0 Å². The smallest absolute Gasteiger partial charge is 0.329 e. The van der Waals surface area contributed by atoms with Gasteiger partial charge in [-0.2, -0.15) is 4.98 Å². The average molecular weight is 347 g/mol. The van der Waals surface area contributed by atoms with E-state index in [1.54, 1.807) is 6.92 Å². The molecule has 1 aromatic heterocycles. The van der Waals surface area contributed by atoms with Gasteiger partial charge in [-0.05, 0) is 25.5 Å². The van der Waals surface area contributed by atoms with E-state index in [-0.39, 0.29) is 13.2 Å². The first-order valence-corrected chi connectivity index (χ1v) is 8.40. The second kappa shape index (κ2) is 9.17. The Morgan fingerprint density at radius 2 is 2.08 bits per heavy atom. The maximum atomic E-state index is 12.2. The van der Waals surface area contributed by atoms with Crippen LogP contribution in [-0.2, 0) is 22.5 Å². The van der Waals surface area contributed by atoms with Crippen LogP contribution in [0.5, 0.6) is 5.75 Å². The third-order valence-electron chi connectivity index (χ3n) is 3.80. The summed E-state index contributed by atoms with van der Waals surface area (Å²) < 4.78 is 15.8. The van der Waals surface area contributed by atoms with E-state index in [9.17, 15) is 4.79 Å². The number of aromatic nitrogens is 2. The SMILES string of the molecule is CCCCc1nc(CN[C@](C)(COc2ccccc2)C(=O)OC)no1. The quantitative estimate of drug-likeness (QED) is 0.661. The van der Waals surface area contributed by atoms with Crippen LogP contribution in [0.2, 0.25) is 0 Å². The van der Waals surface area contributed by atoms with Crippen LogP contribution in [0.1, 0.15) is 38.4 Å². The molecule has 0 bridgehead atoms. The summed E-state index contributed by atoms with van der Waals surface area (Å²) in [6.45, 7) is 4.22. The number of benzene rings is 1. The second-order valence-corrected chi connectivity index (χ2v) is 5.99. The third-order valence-corrected chi connectivity index (χ3v) is 3.80. The first-order chi connectivity index (χ1) is 12.1. The number of para-hydroxylation sites is 1. The molecule has 0 amide bonds. The van der Waals surface area contributed by atoms with Crippen LogP contribution in [0.3, 0.4) is 0 Å². The molecule has 1 N–H and O–H groups in total. The Hall–Kier alpha value is -2.41. The van der Waals surface area contributed by atoms with Crippen molar-refractivity contribution in [1.29, 1.82) is 0 Å². The van der Waals surface area contributed by atoms with Crippen LogP contribution in [-0.4, -0.2) is 35.4 Å². The molecule has 25 heavy (non-hydrogen) atoms. The summed E-state index contributed by atoms with van der Waals surface area (Å²) in [5.74, 6) is 1.37. The number of aryl methyl sites for hydroxylation is 1. The number of rotatable bonds is 10. The van der Waals surface area contributed by atoms with Crippen molar-refractivity contribution in [1.82, 2.24) is 15.5 Å². The van der Waals surface area contributed by atoms with Gasteiger partial charge in [0.1, 0.15) is 17.9 Å². The number of methoxy groups -OCH3 is 1. The zero-order valence-corrected chi connectivity index (χ0v) is 14.9. The van der Waals surface area contributed by atoms with Crippen molar-refractivity contribution < 1.29 is 18.8 Å². The van der Waals surface area contributed by atoms with Crippen LogP contribution >= 0.6 is 0 Å². The fourth-order valence-corrected chi connectivity index (χ4v) is 2.22. The highest BCUT2D eigenvalue weighted by Crippen LogP contribution is 2.14. The van der Waals surface area contributed by atoms with Gasteiger partial charge in [-0.1, -0.05) is 36.7 Å². The number of carbonyl (C=O) groups is 1. The van der Waals surface area contributed by atoms with Crippen LogP contribution < -0.4 is 10.1 Å². The summed E-state index contributed by atoms with van der Waals surface area (Å²) >= 11 is 0. The highest BCUT2D eigenvalue weighted by atomic mass is 16.5. The topological polar surface area (TPSA) is 86.5 Å². The lowest BCUT2D eigenvalue weighted by molar-refractivity contribution is -0.149. The van der Waals surface area contributed by atoms with Gasteiger partial charge in [0, 0.05) is 6.42 Å². The molecule has 1 atom stereocenters. The molecule has 2 rings (SSSR count). The molecule has 2 aromatic rings. The molecule has 136 valence electrons. The molecule has 0 spiro atoms. The Bertz CT molecular complexity index is 659. The minimum absolute atomic E-state index is 0.115. The van der Waals surface area contributed by atoms with Crippen molar-refractivity contribution >= 4 is 5.97 Å². The molecule has 1 heterocycles. The van der Waals surface area contributed by atoms with Gasteiger partial charge >= 0.3 is 5.97 Å². The fourth-order valence-electron chi connectivity index (χ4n) is 2.22. The number of hydrogen-bond acceptors (Lipinski definition) is 7. The van der Waals surface area contributed by atoms with Crippen LogP contribution in [0, 0.1) is 0 Å². The first-order valence-electron chi connectivity index (χ1n) is 8.40. The lowest BCUT2D eigenvalue weighted by Crippen LogP contribution is -2.54. The van der Waals surface area contributed by atoms with Gasteiger partial charge in [0.25, 0.3) is 0 Å². The van der Waals surface area contributed by atoms with Gasteiger partial charge in [-0.25, -0.2) is 4.79 Å². The lowest BCUT2D eigenvalue weighted by atomic mass is 10.0. The van der Waals surface area contributed by atoms with Gasteiger partial charge < -0.3 is 14.0 Å². The largest absolute Gasteiger partial charge is 0.491 e. The highest BCUT2D eigenvalue weighted by molar-refractivity contribution is 5.80. The fraction of sp³-hybridized carbons (Fsp3) is 0.500. The molecule has 0 aliphatic rings. The molecular weight excluding hydrogens is 322 g/mol. The van der Waals surface area contributed by atoms with Crippen molar-refractivity contribution in [3.8, 4) is 5.75 Å². The Kier molecular flexibility index (Phi) is 6.94. The number of ether oxygens (including phenoxy) is 2. The molecule has 0 fully saturated rings. The Labute approximate surface area is 147 Å². The number of carbonyl (C=O) groups excluding carboxylic acids is 1. The Morgan fingerprint density at radius 1 is 1.32 bits per heavy atom. The van der Waals surface area contributed by atoms with Gasteiger partial charge in [0.15, 0.2) is 5.82 Å². The van der Waals surface area contributed by atoms with E-state index in [1.165, 1.54) is 7.11 Å². The van der Waals surface area contributed by atoms with Crippen molar-refractivity contribution in [2.45, 2.75) is 45.2 Å². The van der Waals surface area contributed by atoms with Gasteiger partial charge in [0.2, 0.25) is 5.89 Å². The molecule has 0 aliphatic heterocycles. The van der Waals surface area contributed by atoms with Crippen LogP contribution in [0.15, 0.2) is 34.9 Å². The monoisotopic (exact) mass is 347 g/mol. The maximum absolute atomic E-state index is 12.2. The summed E-state index contributed by atoms with van der Waals surface area (Å²) in [6.07, 6.45) is 2.82. The van der Waals surface area contributed by atoms with E-state index in [0.29, 0.717) is 17.5 Å². The maximum Gasteiger partial charge on any atom is 0.329 e. The summed E-state index contributed by atoms with van der Waals surface area (Å²) in [4.78, 5) is 16.5. The first kappa shape index (κ1) is 18.9. The van der Waals surface area contributed by atoms with Gasteiger partial charge in [-0.15, -0.1) is 0 Å². The molecule has 7 nitrogen and oxygen atoms in total. The standard InChI is InChI=1S/C18H25N3O4/c1-4-5-11-16-20-15(21-25-16)12-19-18(2,17(22)23-3)13-24-14-9-7-6-8-10-14/h6-10,19H,4-5,11-13H2,1-3H3/t18-/m1/s1. The van der Waals surface area contributed by atoms with E-state index in [0.717, 1.165) is 19.3 Å². The van der Waals surface area contributed by atoms with E-state index in [4.69, 9.17) is 14.0 Å². The average Bonchev–Trinajstić information content (AvgIpc) is 3.11. The second-order valence-electron chi connectivity index (χ2n) is 5.99. The van der Waals surface area contributed by atoms with E-state index in [2.05, 4.69) is 22.4 Å². The van der Waals surface area contributed by atoms with E-state index >= 15 is 0 Å². The number of hydrogen-bond donors (Lipinski definition) is 1. The zero-order valence-electron chi connectivity index (χ0n) is 14.9. The number of esters is 1. The van der Waals surface area contributed by atoms with Crippen molar-refractivity contribution in [3.63, 3.8) is 0 Å². The number of nitrogens with one attached hydrogen (secondary N) is 1. The van der Waals surface area contributed by atoms with Gasteiger partial charge in [0.05, 0.1) is 13.7 Å². The minimum Gasteiger partial charge on any atom is -0.491 e. The third kappa shape index (κ3) is 5.56. The predicted octanol–water partition coefficient (Wildman–Crippen LogP) is 2.51. The number of unbranched alkanes of at least 4 members (excludes halogenated alkanes) is 1. The molecule has 0 radical (unpaired) electrons. The zero-order chi connectivity index (χ0) is 18.1. The number of nitrogens with zero attached hydrogens (tertiary/aromatic N) is 2. The lowest BCUT2D eigenvalue weighted by Gasteiger charge is -2.27. The Balaban J connectivity index is 1.96. The summed E-state index contributed by atoms with van der Waals surface area (Å²) in [6, 6.07) is 9.30. The molecule has 1 aromatic carbocycles. The van der Waals surface area contributed by atoms with Crippen molar-refractivity contribution in [2.75, 3.05) is 13.7 Å². The predicted molar refractivity (Wildman–Crippen MR) is 92.1 cm³/mol. The van der Waals surface area contributed by atoms with E-state index < -0.39 is 11.5 Å². The summed E-state index contributed by atoms with van der Waals surface area (Å²) in [5, 5.41) is 7.05. The molecular formula is C18H25N3O4. The van der Waals surface area contributed by atoms with Crippen molar-refractivity contribution in [3.05, 3.63) is 42.0 Å². The molecule has 0 unspecified atom stereocenters. The van der Waals surface area contributed by atoms with E-state index in [1.807, 2.05) is 30.3 Å². The summed E-state index contributed by atoms with van der Waals surface area (Å²) in [7, 11) is 1.35. The van der Waals surface area contributed by atoms with Gasteiger partial charge in [-0.3, -0.25) is 5.32 Å². The highest BCUT2D eigenvalue weighted by Gasteiger charge is 2.35. The molecule has 7 heteroatoms. The molecule has 0 aliphatic carbocycles. The normalized spacial score (nSPS) is 13.2. The Morgan fingerprint density at radius 3 is 2.76 bits per heavy atom. The van der Waals surface area contributed by atoms with Crippen LogP contribution in [0.4, 0.5) is 0 Å². The molecule has 0 saturated carbocycles.